The summed E-state index contributed by atoms with van der Waals surface area (Å²) in [4.78, 5) is 2.48. The van der Waals surface area contributed by atoms with E-state index in [2.05, 4.69) is 103 Å². The van der Waals surface area contributed by atoms with Crippen molar-refractivity contribution < 1.29 is 9.16 Å². The Morgan fingerprint density at radius 1 is 0.938 bits per heavy atom. The minimum atomic E-state index is -1.82. The molecule has 0 aliphatic carbocycles. The second-order valence-corrected chi connectivity index (χ2v) is 15.0. The first-order chi connectivity index (χ1) is 15.2. The Morgan fingerprint density at radius 3 is 2.31 bits per heavy atom. The monoisotopic (exact) mass is 451 g/mol. The number of anilines is 2. The Morgan fingerprint density at radius 2 is 1.62 bits per heavy atom. The fraction of sp³-hybridized carbons (Fsp3) is 0.462. The van der Waals surface area contributed by atoms with E-state index in [4.69, 9.17) is 9.16 Å². The summed E-state index contributed by atoms with van der Waals surface area (Å²) >= 11 is 0. The zero-order valence-corrected chi connectivity index (χ0v) is 21.1. The fourth-order valence-electron chi connectivity index (χ4n) is 3.77. The molecule has 0 amide bonds. The number of nitrogens with zero attached hydrogens (tertiary/aromatic N) is 2. The molecule has 172 valence electrons. The van der Waals surface area contributed by atoms with Crippen molar-refractivity contribution in [2.24, 2.45) is 0 Å². The van der Waals surface area contributed by atoms with Crippen LogP contribution in [0.3, 0.4) is 0 Å². The minimum absolute atomic E-state index is 0.192. The van der Waals surface area contributed by atoms with Gasteiger partial charge in [-0.25, -0.2) is 0 Å². The molecule has 1 fully saturated rings. The normalized spacial score (nSPS) is 15.8. The van der Waals surface area contributed by atoms with E-state index in [9.17, 15) is 0 Å². The van der Waals surface area contributed by atoms with E-state index in [1.54, 1.807) is 0 Å². The number of rotatable bonds is 7. The number of morpholine rings is 1. The molecule has 4 rings (SSSR count). The Balaban J connectivity index is 1.39. The van der Waals surface area contributed by atoms with Crippen LogP contribution in [0.5, 0.6) is 5.75 Å². The highest BCUT2D eigenvalue weighted by atomic mass is 28.4. The zero-order chi connectivity index (χ0) is 22.8. The molecule has 6 heteroatoms. The molecular formula is C26H37N3O2Si. The van der Waals surface area contributed by atoms with Gasteiger partial charge in [-0.05, 0) is 66.7 Å². The number of hydrogen-bond acceptors (Lipinski definition) is 4. The lowest BCUT2D eigenvalue weighted by Crippen LogP contribution is -2.43. The average molecular weight is 452 g/mol. The molecule has 5 nitrogen and oxygen atoms in total. The summed E-state index contributed by atoms with van der Waals surface area (Å²) < 4.78 is 14.2. The third-order valence-corrected chi connectivity index (χ3v) is 11.2. The smallest absolute Gasteiger partial charge is 0.250 e. The molecule has 0 bridgehead atoms. The van der Waals surface area contributed by atoms with Gasteiger partial charge < -0.3 is 19.0 Å². The van der Waals surface area contributed by atoms with Crippen LogP contribution in [-0.4, -0.2) is 50.6 Å². The van der Waals surface area contributed by atoms with Crippen LogP contribution in [0.15, 0.2) is 54.7 Å². The van der Waals surface area contributed by atoms with Gasteiger partial charge in [-0.15, -0.1) is 0 Å². The van der Waals surface area contributed by atoms with Gasteiger partial charge in [-0.3, -0.25) is 4.90 Å². The van der Waals surface area contributed by atoms with Gasteiger partial charge in [0, 0.05) is 54.7 Å². The first-order valence-corrected chi connectivity index (χ1v) is 14.6. The van der Waals surface area contributed by atoms with E-state index in [1.165, 1.54) is 10.9 Å². The molecule has 1 N–H and O–H groups in total. The predicted octanol–water partition coefficient (Wildman–Crippen LogP) is 6.10. The molecule has 2 aromatic carbocycles. The van der Waals surface area contributed by atoms with Gasteiger partial charge in [0.25, 0.3) is 0 Å². The Kier molecular flexibility index (Phi) is 6.65. The van der Waals surface area contributed by atoms with Gasteiger partial charge in [-0.1, -0.05) is 20.8 Å². The van der Waals surface area contributed by atoms with Crippen molar-refractivity contribution in [1.82, 2.24) is 9.47 Å². The van der Waals surface area contributed by atoms with Crippen molar-refractivity contribution in [2.75, 3.05) is 38.2 Å². The summed E-state index contributed by atoms with van der Waals surface area (Å²) in [6.07, 6.45) is 2.20. The van der Waals surface area contributed by atoms with Gasteiger partial charge in [-0.2, -0.15) is 0 Å². The standard InChI is InChI=1S/C26H37N3O2Si/c1-26(2,3)32(4,5)31-24-9-6-22(7-10-24)27-23-8-11-25-21(20-23)12-13-29(25)15-14-28-16-18-30-19-17-28/h6-13,20,27H,14-19H2,1-5H3. The zero-order valence-electron chi connectivity index (χ0n) is 20.1. The lowest BCUT2D eigenvalue weighted by molar-refractivity contribution is 0.0365. The van der Waals surface area contributed by atoms with Crippen molar-refractivity contribution in [3.8, 4) is 5.75 Å². The molecule has 0 saturated carbocycles. The molecule has 1 aromatic heterocycles. The summed E-state index contributed by atoms with van der Waals surface area (Å²) in [5, 5.41) is 4.99. The van der Waals surface area contributed by atoms with Gasteiger partial charge in [0.05, 0.1) is 13.2 Å². The van der Waals surface area contributed by atoms with E-state index in [0.29, 0.717) is 0 Å². The molecule has 32 heavy (non-hydrogen) atoms. The van der Waals surface area contributed by atoms with Gasteiger partial charge in [0.1, 0.15) is 5.75 Å². The maximum atomic E-state index is 6.40. The van der Waals surface area contributed by atoms with Crippen molar-refractivity contribution in [1.29, 1.82) is 0 Å². The summed E-state index contributed by atoms with van der Waals surface area (Å²) in [5.41, 5.74) is 3.45. The summed E-state index contributed by atoms with van der Waals surface area (Å²) in [5.74, 6) is 0.954. The molecule has 1 aliphatic rings. The van der Waals surface area contributed by atoms with Crippen LogP contribution in [0.25, 0.3) is 10.9 Å². The number of nitrogens with one attached hydrogen (secondary N) is 1. The third-order valence-electron chi connectivity index (χ3n) is 6.85. The van der Waals surface area contributed by atoms with Crippen molar-refractivity contribution in [3.05, 3.63) is 54.7 Å². The molecule has 1 aliphatic heterocycles. The van der Waals surface area contributed by atoms with E-state index in [0.717, 1.165) is 56.5 Å². The van der Waals surface area contributed by atoms with Gasteiger partial charge in [0.2, 0.25) is 8.32 Å². The van der Waals surface area contributed by atoms with Gasteiger partial charge in [0.15, 0.2) is 0 Å². The molecule has 2 heterocycles. The summed E-state index contributed by atoms with van der Waals surface area (Å²) in [6, 6.07) is 17.1. The minimum Gasteiger partial charge on any atom is -0.544 e. The Bertz CT molecular complexity index is 1030. The molecular weight excluding hydrogens is 414 g/mol. The van der Waals surface area contributed by atoms with E-state index in [-0.39, 0.29) is 5.04 Å². The van der Waals surface area contributed by atoms with Crippen LogP contribution in [0, 0.1) is 0 Å². The summed E-state index contributed by atoms with van der Waals surface area (Å²) in [6.45, 7) is 17.2. The highest BCUT2D eigenvalue weighted by Crippen LogP contribution is 2.37. The van der Waals surface area contributed by atoms with E-state index >= 15 is 0 Å². The third kappa shape index (κ3) is 5.37. The lowest BCUT2D eigenvalue weighted by atomic mass is 10.2. The number of fused-ring (bicyclic) bond motifs is 1. The van der Waals surface area contributed by atoms with Crippen LogP contribution in [0.1, 0.15) is 20.8 Å². The molecule has 0 spiro atoms. The second-order valence-electron chi connectivity index (χ2n) is 10.2. The Hall–Kier alpha value is -2.28. The van der Waals surface area contributed by atoms with Crippen molar-refractivity contribution >= 4 is 30.6 Å². The van der Waals surface area contributed by atoms with Crippen molar-refractivity contribution in [3.63, 3.8) is 0 Å². The summed E-state index contributed by atoms with van der Waals surface area (Å²) in [7, 11) is -1.82. The topological polar surface area (TPSA) is 38.7 Å². The molecule has 0 radical (unpaired) electrons. The number of aromatic nitrogens is 1. The molecule has 0 unspecified atom stereocenters. The Labute approximate surface area is 193 Å². The number of ether oxygens (including phenoxy) is 1. The van der Waals surface area contributed by atoms with Crippen LogP contribution in [0.4, 0.5) is 11.4 Å². The SMILES string of the molecule is CC(C)(C)[Si](C)(C)Oc1ccc(Nc2ccc3c(ccn3CCN3CCOCC3)c2)cc1. The lowest BCUT2D eigenvalue weighted by Gasteiger charge is -2.36. The molecule has 1 saturated heterocycles. The van der Waals surface area contributed by atoms with E-state index in [1.807, 2.05) is 0 Å². The fourth-order valence-corrected chi connectivity index (χ4v) is 4.80. The maximum Gasteiger partial charge on any atom is 0.250 e. The van der Waals surface area contributed by atoms with Crippen LogP contribution < -0.4 is 9.74 Å². The highest BCUT2D eigenvalue weighted by Gasteiger charge is 2.38. The molecule has 3 aromatic rings. The van der Waals surface area contributed by atoms with Crippen LogP contribution in [-0.2, 0) is 11.3 Å². The first-order valence-electron chi connectivity index (χ1n) is 11.7. The average Bonchev–Trinajstić information content (AvgIpc) is 3.16. The predicted molar refractivity (Wildman–Crippen MR) is 137 cm³/mol. The maximum absolute atomic E-state index is 6.40. The number of hydrogen-bond donors (Lipinski definition) is 1. The highest BCUT2D eigenvalue weighted by molar-refractivity contribution is 6.74. The van der Waals surface area contributed by atoms with Crippen LogP contribution >= 0.6 is 0 Å². The van der Waals surface area contributed by atoms with Crippen LogP contribution in [0.2, 0.25) is 18.1 Å². The van der Waals surface area contributed by atoms with E-state index < -0.39 is 8.32 Å². The van der Waals surface area contributed by atoms with Crippen molar-refractivity contribution in [2.45, 2.75) is 45.4 Å². The second kappa shape index (κ2) is 9.30. The number of benzene rings is 2. The first kappa shape index (κ1) is 22.9. The largest absolute Gasteiger partial charge is 0.544 e. The quantitative estimate of drug-likeness (QED) is 0.441. The molecule has 0 atom stereocenters. The van der Waals surface area contributed by atoms with Gasteiger partial charge >= 0.3 is 0 Å².